The van der Waals surface area contributed by atoms with Crippen molar-refractivity contribution >= 4 is 23.0 Å². The van der Waals surface area contributed by atoms with E-state index in [0.29, 0.717) is 0 Å². The number of carbonyl (C=O) groups is 2. The van der Waals surface area contributed by atoms with Crippen LogP contribution in [-0.2, 0) is 20.3 Å². The third-order valence-corrected chi connectivity index (χ3v) is 2.12. The molecule has 0 aliphatic rings. The molecule has 0 aromatic heterocycles. The van der Waals surface area contributed by atoms with Crippen LogP contribution in [0.15, 0.2) is 30.3 Å². The summed E-state index contributed by atoms with van der Waals surface area (Å²) in [6, 6.07) is 9.18. The molecule has 1 aromatic carbocycles. The predicted molar refractivity (Wildman–Crippen MR) is 80.2 cm³/mol. The first-order chi connectivity index (χ1) is 9.82. The summed E-state index contributed by atoms with van der Waals surface area (Å²) in [4.78, 5) is 21.1. The van der Waals surface area contributed by atoms with E-state index >= 15 is 0 Å². The fourth-order valence-corrected chi connectivity index (χ4v) is 1.33. The van der Waals surface area contributed by atoms with Gasteiger partial charge in [-0.15, -0.1) is 0 Å². The van der Waals surface area contributed by atoms with Crippen LogP contribution in [0, 0.1) is 0 Å². The van der Waals surface area contributed by atoms with Gasteiger partial charge in [-0.3, -0.25) is 4.21 Å². The van der Waals surface area contributed by atoms with Gasteiger partial charge in [0, 0.05) is 23.3 Å². The summed E-state index contributed by atoms with van der Waals surface area (Å²) < 4.78 is 19.0. The third kappa shape index (κ3) is 11.4. The van der Waals surface area contributed by atoms with E-state index < -0.39 is 23.0 Å². The Kier molecular flexibility index (Phi) is 9.61. The van der Waals surface area contributed by atoms with Gasteiger partial charge in [0.1, 0.15) is 13.2 Å². The summed E-state index contributed by atoms with van der Waals surface area (Å²) in [5.41, 5.74) is 10.6. The van der Waals surface area contributed by atoms with Gasteiger partial charge >= 0.3 is 12.2 Å². The minimum absolute atomic E-state index is 0.0344. The first kappa shape index (κ1) is 18.9. The SMILES string of the molecule is CS(C)=O.NC(=O)OCC(COC(N)=O)c1ccccc1. The van der Waals surface area contributed by atoms with Crippen LogP contribution in [0.1, 0.15) is 11.5 Å². The molecule has 118 valence electrons. The lowest BCUT2D eigenvalue weighted by atomic mass is 10.0. The van der Waals surface area contributed by atoms with E-state index in [9.17, 15) is 13.8 Å². The molecule has 0 fully saturated rings. The summed E-state index contributed by atoms with van der Waals surface area (Å²) in [5.74, 6) is -0.281. The van der Waals surface area contributed by atoms with E-state index in [1.54, 1.807) is 12.5 Å². The molecule has 21 heavy (non-hydrogen) atoms. The molecule has 2 amide bonds. The molecule has 0 spiro atoms. The summed E-state index contributed by atoms with van der Waals surface area (Å²) >= 11 is 0. The van der Waals surface area contributed by atoms with E-state index in [2.05, 4.69) is 0 Å². The smallest absolute Gasteiger partial charge is 0.404 e. The van der Waals surface area contributed by atoms with Crippen molar-refractivity contribution in [3.8, 4) is 0 Å². The van der Waals surface area contributed by atoms with Gasteiger partial charge < -0.3 is 20.9 Å². The summed E-state index contributed by atoms with van der Waals surface area (Å²) in [6.07, 6.45) is 1.54. The highest BCUT2D eigenvalue weighted by molar-refractivity contribution is 7.83. The Morgan fingerprint density at radius 2 is 1.43 bits per heavy atom. The van der Waals surface area contributed by atoms with Crippen molar-refractivity contribution < 1.29 is 23.3 Å². The van der Waals surface area contributed by atoms with Gasteiger partial charge in [0.15, 0.2) is 0 Å². The summed E-state index contributed by atoms with van der Waals surface area (Å²) in [5, 5.41) is 0. The first-order valence-electron chi connectivity index (χ1n) is 5.97. The molecule has 1 aromatic rings. The Balaban J connectivity index is 0.000000885. The molecule has 7 nitrogen and oxygen atoms in total. The van der Waals surface area contributed by atoms with Gasteiger partial charge in [-0.25, -0.2) is 9.59 Å². The molecule has 4 N–H and O–H groups in total. The van der Waals surface area contributed by atoms with Crippen LogP contribution in [0.25, 0.3) is 0 Å². The number of carbonyl (C=O) groups excluding carboxylic acids is 2. The van der Waals surface area contributed by atoms with Gasteiger partial charge in [-0.05, 0) is 5.56 Å². The van der Waals surface area contributed by atoms with Crippen molar-refractivity contribution in [1.82, 2.24) is 0 Å². The number of primary amides is 2. The number of nitrogens with two attached hydrogens (primary N) is 2. The monoisotopic (exact) mass is 316 g/mol. The Morgan fingerprint density at radius 3 is 1.76 bits per heavy atom. The molecule has 0 atom stereocenters. The zero-order chi connectivity index (χ0) is 16.3. The van der Waals surface area contributed by atoms with E-state index in [1.165, 1.54) is 0 Å². The summed E-state index contributed by atoms with van der Waals surface area (Å²) in [6.45, 7) is 0.0687. The number of rotatable bonds is 5. The van der Waals surface area contributed by atoms with Crippen molar-refractivity contribution in [2.45, 2.75) is 5.92 Å². The van der Waals surface area contributed by atoms with Gasteiger partial charge in [0.25, 0.3) is 0 Å². The quantitative estimate of drug-likeness (QED) is 0.837. The standard InChI is InChI=1S/C11H14N2O4.C2H6OS/c12-10(14)16-6-9(7-17-11(13)15)8-4-2-1-3-5-8;1-4(2)3/h1-5,9H,6-7H2,(H2,12,14)(H2,13,15);1-2H3. The molecule has 0 saturated heterocycles. The Morgan fingerprint density at radius 1 is 1.05 bits per heavy atom. The number of hydrogen-bond donors (Lipinski definition) is 2. The molecule has 0 unspecified atom stereocenters. The van der Waals surface area contributed by atoms with Gasteiger partial charge in [0.05, 0.1) is 5.92 Å². The van der Waals surface area contributed by atoms with Crippen LogP contribution in [0.3, 0.4) is 0 Å². The number of benzene rings is 1. The molecular formula is C13H20N2O5S. The third-order valence-electron chi connectivity index (χ3n) is 2.12. The second-order valence-electron chi connectivity index (χ2n) is 4.11. The molecule has 8 heteroatoms. The molecular weight excluding hydrogens is 296 g/mol. The van der Waals surface area contributed by atoms with E-state index in [0.717, 1.165) is 5.56 Å². The van der Waals surface area contributed by atoms with Crippen molar-refractivity contribution in [3.63, 3.8) is 0 Å². The zero-order valence-electron chi connectivity index (χ0n) is 12.0. The average molecular weight is 316 g/mol. The highest BCUT2D eigenvalue weighted by Crippen LogP contribution is 2.16. The van der Waals surface area contributed by atoms with E-state index in [1.807, 2.05) is 30.3 Å². The van der Waals surface area contributed by atoms with Crippen LogP contribution in [0.5, 0.6) is 0 Å². The molecule has 0 saturated carbocycles. The first-order valence-corrected chi connectivity index (χ1v) is 7.94. The van der Waals surface area contributed by atoms with E-state index in [-0.39, 0.29) is 19.1 Å². The van der Waals surface area contributed by atoms with Gasteiger partial charge in [-0.2, -0.15) is 0 Å². The molecule has 0 aliphatic carbocycles. The van der Waals surface area contributed by atoms with Gasteiger partial charge in [-0.1, -0.05) is 30.3 Å². The van der Waals surface area contributed by atoms with Crippen molar-refractivity contribution in [1.29, 1.82) is 0 Å². The molecule has 0 aliphatic heterocycles. The molecule has 0 heterocycles. The second-order valence-corrected chi connectivity index (χ2v) is 5.59. The lowest BCUT2D eigenvalue weighted by molar-refractivity contribution is 0.116. The molecule has 1 rings (SSSR count). The lowest BCUT2D eigenvalue weighted by Crippen LogP contribution is -2.23. The highest BCUT2D eigenvalue weighted by Gasteiger charge is 2.15. The highest BCUT2D eigenvalue weighted by atomic mass is 32.2. The Hall–Kier alpha value is -2.09. The largest absolute Gasteiger partial charge is 0.449 e. The number of hydrogen-bond acceptors (Lipinski definition) is 5. The summed E-state index contributed by atoms with van der Waals surface area (Å²) in [7, 11) is -0.611. The Labute approximate surface area is 126 Å². The minimum Gasteiger partial charge on any atom is -0.449 e. The fraction of sp³-hybridized carbons (Fsp3) is 0.385. The second kappa shape index (κ2) is 10.7. The van der Waals surface area contributed by atoms with Crippen molar-refractivity contribution in [2.75, 3.05) is 25.7 Å². The normalized spacial score (nSPS) is 9.71. The van der Waals surface area contributed by atoms with E-state index in [4.69, 9.17) is 20.9 Å². The van der Waals surface area contributed by atoms with Crippen LogP contribution in [0.2, 0.25) is 0 Å². The van der Waals surface area contributed by atoms with Crippen LogP contribution < -0.4 is 11.5 Å². The lowest BCUT2D eigenvalue weighted by Gasteiger charge is -2.16. The van der Waals surface area contributed by atoms with Crippen molar-refractivity contribution in [3.05, 3.63) is 35.9 Å². The molecule has 0 radical (unpaired) electrons. The number of ether oxygens (including phenoxy) is 2. The number of amides is 2. The topological polar surface area (TPSA) is 122 Å². The molecule has 0 bridgehead atoms. The van der Waals surface area contributed by atoms with Crippen molar-refractivity contribution in [2.24, 2.45) is 11.5 Å². The van der Waals surface area contributed by atoms with Crippen LogP contribution >= 0.6 is 0 Å². The maximum Gasteiger partial charge on any atom is 0.404 e. The van der Waals surface area contributed by atoms with Crippen LogP contribution in [0.4, 0.5) is 9.59 Å². The zero-order valence-corrected chi connectivity index (χ0v) is 12.8. The average Bonchev–Trinajstić information content (AvgIpc) is 2.38. The van der Waals surface area contributed by atoms with Gasteiger partial charge in [0.2, 0.25) is 0 Å². The predicted octanol–water partition coefficient (Wildman–Crippen LogP) is 0.956. The maximum atomic E-state index is 10.5. The maximum absolute atomic E-state index is 10.5. The van der Waals surface area contributed by atoms with Crippen LogP contribution in [-0.4, -0.2) is 42.1 Å². The fourth-order valence-electron chi connectivity index (χ4n) is 1.33. The minimum atomic E-state index is -0.870. The Bertz CT molecular complexity index is 445.